The third kappa shape index (κ3) is 5.09. The number of hydrogen-bond acceptors (Lipinski definition) is 7. The summed E-state index contributed by atoms with van der Waals surface area (Å²) in [5.74, 6) is -1.66. The van der Waals surface area contributed by atoms with E-state index in [-0.39, 0.29) is 12.1 Å². The Labute approximate surface area is 146 Å². The maximum Gasteiger partial charge on any atom is 0.339 e. The van der Waals surface area contributed by atoms with Crippen molar-refractivity contribution in [1.82, 2.24) is 5.32 Å². The number of carbonyl (C=O) groups excluding carboxylic acids is 2. The first-order valence-corrected chi connectivity index (χ1v) is 7.28. The minimum absolute atomic E-state index is 0.236. The number of nitro benzene ring substituents is 2. The third-order valence-electron chi connectivity index (χ3n) is 3.23. The predicted octanol–water partition coefficient (Wildman–Crippen LogP) is 1.98. The molecule has 2 rings (SSSR count). The summed E-state index contributed by atoms with van der Waals surface area (Å²) in [6, 6.07) is 11.4. The Kier molecular flexibility index (Phi) is 5.93. The molecule has 0 spiro atoms. The van der Waals surface area contributed by atoms with Crippen LogP contribution in [0.25, 0.3) is 0 Å². The number of esters is 1. The number of rotatable bonds is 7. The fourth-order valence-electron chi connectivity index (χ4n) is 1.99. The molecule has 10 heteroatoms. The van der Waals surface area contributed by atoms with E-state index < -0.39 is 39.7 Å². The van der Waals surface area contributed by atoms with Gasteiger partial charge in [-0.2, -0.15) is 0 Å². The molecule has 0 aliphatic rings. The van der Waals surface area contributed by atoms with E-state index in [9.17, 15) is 29.8 Å². The topological polar surface area (TPSA) is 142 Å². The first kappa shape index (κ1) is 18.5. The molecule has 0 heterocycles. The summed E-state index contributed by atoms with van der Waals surface area (Å²) in [4.78, 5) is 43.5. The molecular weight excluding hydrogens is 346 g/mol. The molecule has 0 aromatic heterocycles. The summed E-state index contributed by atoms with van der Waals surface area (Å²) in [6.07, 6.45) is 0. The lowest BCUT2D eigenvalue weighted by atomic mass is 10.2. The Morgan fingerprint density at radius 2 is 1.54 bits per heavy atom. The van der Waals surface area contributed by atoms with Crippen LogP contribution in [-0.4, -0.2) is 28.3 Å². The minimum atomic E-state index is -1.08. The smallest absolute Gasteiger partial charge is 0.339 e. The maximum atomic E-state index is 11.9. The number of nitro groups is 2. The first-order chi connectivity index (χ1) is 12.4. The van der Waals surface area contributed by atoms with Crippen molar-refractivity contribution >= 4 is 23.3 Å². The minimum Gasteiger partial charge on any atom is -0.452 e. The monoisotopic (exact) mass is 359 g/mol. The van der Waals surface area contributed by atoms with Crippen LogP contribution in [0.1, 0.15) is 15.9 Å². The molecule has 134 valence electrons. The maximum absolute atomic E-state index is 11.9. The van der Waals surface area contributed by atoms with Gasteiger partial charge in [-0.25, -0.2) is 4.79 Å². The number of hydrogen-bond donors (Lipinski definition) is 1. The standard InChI is InChI=1S/C16H13N3O7/c20-15(17-9-11-4-2-1-3-5-11)10-26-16(21)12-6-13(18(22)23)8-14(7-12)19(24)25/h1-8H,9-10H2,(H,17,20). The van der Waals surface area contributed by atoms with Gasteiger partial charge in [-0.05, 0) is 5.56 Å². The highest BCUT2D eigenvalue weighted by molar-refractivity contribution is 5.92. The molecule has 0 bridgehead atoms. The molecule has 0 unspecified atom stereocenters. The Hall–Kier alpha value is -3.82. The number of benzene rings is 2. The second-order valence-electron chi connectivity index (χ2n) is 5.09. The molecule has 0 aliphatic carbocycles. The summed E-state index contributed by atoms with van der Waals surface area (Å²) in [7, 11) is 0. The zero-order valence-electron chi connectivity index (χ0n) is 13.3. The van der Waals surface area contributed by atoms with Gasteiger partial charge in [0.1, 0.15) is 0 Å². The molecule has 1 amide bonds. The van der Waals surface area contributed by atoms with Gasteiger partial charge in [0.15, 0.2) is 6.61 Å². The quantitative estimate of drug-likeness (QED) is 0.452. The molecule has 1 N–H and O–H groups in total. The zero-order chi connectivity index (χ0) is 19.1. The van der Waals surface area contributed by atoms with Crippen LogP contribution >= 0.6 is 0 Å². The predicted molar refractivity (Wildman–Crippen MR) is 88.3 cm³/mol. The van der Waals surface area contributed by atoms with Gasteiger partial charge in [0.25, 0.3) is 17.3 Å². The Bertz CT molecular complexity index is 820. The molecule has 26 heavy (non-hydrogen) atoms. The average molecular weight is 359 g/mol. The molecule has 0 fully saturated rings. The van der Waals surface area contributed by atoms with Crippen LogP contribution in [0, 0.1) is 20.2 Å². The molecule has 0 radical (unpaired) electrons. The number of ether oxygens (including phenoxy) is 1. The Balaban J connectivity index is 1.97. The van der Waals surface area contributed by atoms with E-state index in [0.717, 1.165) is 23.8 Å². The second kappa shape index (κ2) is 8.33. The van der Waals surface area contributed by atoms with Crippen molar-refractivity contribution in [2.24, 2.45) is 0 Å². The van der Waals surface area contributed by atoms with Gasteiger partial charge in [0.05, 0.1) is 21.5 Å². The molecule has 0 aliphatic heterocycles. The van der Waals surface area contributed by atoms with Crippen molar-refractivity contribution in [2.75, 3.05) is 6.61 Å². The number of carbonyl (C=O) groups is 2. The van der Waals surface area contributed by atoms with Gasteiger partial charge in [-0.1, -0.05) is 30.3 Å². The van der Waals surface area contributed by atoms with Crippen molar-refractivity contribution in [2.45, 2.75) is 6.54 Å². The summed E-state index contributed by atoms with van der Waals surface area (Å²) in [6.45, 7) is -0.387. The molecule has 2 aromatic rings. The van der Waals surface area contributed by atoms with Gasteiger partial charge < -0.3 is 10.1 Å². The van der Waals surface area contributed by atoms with E-state index in [1.165, 1.54) is 0 Å². The molecule has 10 nitrogen and oxygen atoms in total. The number of nitrogens with zero attached hydrogens (tertiary/aromatic N) is 2. The van der Waals surface area contributed by atoms with Crippen molar-refractivity contribution < 1.29 is 24.2 Å². The van der Waals surface area contributed by atoms with Crippen LogP contribution < -0.4 is 5.32 Å². The number of nitrogens with one attached hydrogen (secondary N) is 1. The fraction of sp³-hybridized carbons (Fsp3) is 0.125. The zero-order valence-corrected chi connectivity index (χ0v) is 13.3. The highest BCUT2D eigenvalue weighted by atomic mass is 16.6. The molecule has 0 saturated heterocycles. The Morgan fingerprint density at radius 1 is 0.962 bits per heavy atom. The van der Waals surface area contributed by atoms with Gasteiger partial charge in [-0.15, -0.1) is 0 Å². The molecule has 0 saturated carbocycles. The van der Waals surface area contributed by atoms with Crippen molar-refractivity contribution in [1.29, 1.82) is 0 Å². The van der Waals surface area contributed by atoms with Crippen molar-refractivity contribution in [3.63, 3.8) is 0 Å². The van der Waals surface area contributed by atoms with E-state index >= 15 is 0 Å². The van der Waals surface area contributed by atoms with Crippen molar-refractivity contribution in [3.8, 4) is 0 Å². The van der Waals surface area contributed by atoms with Crippen LogP contribution in [0.5, 0.6) is 0 Å². The average Bonchev–Trinajstić information content (AvgIpc) is 2.64. The highest BCUT2D eigenvalue weighted by Crippen LogP contribution is 2.23. The molecule has 0 atom stereocenters. The van der Waals surface area contributed by atoms with Gasteiger partial charge in [0, 0.05) is 18.7 Å². The van der Waals surface area contributed by atoms with E-state index in [1.807, 2.05) is 6.07 Å². The van der Waals surface area contributed by atoms with Crippen LogP contribution in [0.15, 0.2) is 48.5 Å². The van der Waals surface area contributed by atoms with Gasteiger partial charge >= 0.3 is 5.97 Å². The fourth-order valence-corrected chi connectivity index (χ4v) is 1.99. The normalized spacial score (nSPS) is 10.0. The van der Waals surface area contributed by atoms with Crippen LogP contribution in [0.4, 0.5) is 11.4 Å². The third-order valence-corrected chi connectivity index (χ3v) is 3.23. The van der Waals surface area contributed by atoms with E-state index in [2.05, 4.69) is 5.32 Å². The first-order valence-electron chi connectivity index (χ1n) is 7.28. The summed E-state index contributed by atoms with van der Waals surface area (Å²) in [5.41, 5.74) is -0.789. The van der Waals surface area contributed by atoms with Gasteiger partial charge in [-0.3, -0.25) is 25.0 Å². The number of amides is 1. The lowest BCUT2D eigenvalue weighted by Gasteiger charge is -2.07. The SMILES string of the molecule is O=C(COC(=O)c1cc([N+](=O)[O-])cc([N+](=O)[O-])c1)NCc1ccccc1. The van der Waals surface area contributed by atoms with Crippen LogP contribution in [0.2, 0.25) is 0 Å². The summed E-state index contributed by atoms with van der Waals surface area (Å²) < 4.78 is 4.75. The molecular formula is C16H13N3O7. The lowest BCUT2D eigenvalue weighted by molar-refractivity contribution is -0.394. The van der Waals surface area contributed by atoms with E-state index in [0.29, 0.717) is 0 Å². The van der Waals surface area contributed by atoms with Crippen LogP contribution in [0.3, 0.4) is 0 Å². The summed E-state index contributed by atoms with van der Waals surface area (Å²) in [5, 5.41) is 24.1. The van der Waals surface area contributed by atoms with Gasteiger partial charge in [0.2, 0.25) is 0 Å². The van der Waals surface area contributed by atoms with E-state index in [1.54, 1.807) is 24.3 Å². The summed E-state index contributed by atoms with van der Waals surface area (Å²) >= 11 is 0. The van der Waals surface area contributed by atoms with E-state index in [4.69, 9.17) is 4.74 Å². The Morgan fingerprint density at radius 3 is 2.08 bits per heavy atom. The number of non-ortho nitro benzene ring substituents is 2. The largest absolute Gasteiger partial charge is 0.452 e. The van der Waals surface area contributed by atoms with Crippen LogP contribution in [-0.2, 0) is 16.1 Å². The molecule has 2 aromatic carbocycles. The second-order valence-corrected chi connectivity index (χ2v) is 5.09. The van der Waals surface area contributed by atoms with Crippen molar-refractivity contribution in [3.05, 3.63) is 79.9 Å². The lowest BCUT2D eigenvalue weighted by Crippen LogP contribution is -2.28. The highest BCUT2D eigenvalue weighted by Gasteiger charge is 2.21.